The highest BCUT2D eigenvalue weighted by Gasteiger charge is 2.47. The lowest BCUT2D eigenvalue weighted by Crippen LogP contribution is -2.55. The summed E-state index contributed by atoms with van der Waals surface area (Å²) >= 11 is 0. The van der Waals surface area contributed by atoms with Crippen LogP contribution in [0.5, 0.6) is 5.75 Å². The van der Waals surface area contributed by atoms with E-state index in [1.54, 1.807) is 31.2 Å². The minimum Gasteiger partial charge on any atom is -0.493 e. The van der Waals surface area contributed by atoms with Crippen molar-refractivity contribution in [2.24, 2.45) is 0 Å². The molecule has 1 aromatic carbocycles. The number of carbonyl (C=O) groups is 1. The third-order valence-corrected chi connectivity index (χ3v) is 3.30. The second kappa shape index (κ2) is 5.93. The number of benzene rings is 1. The predicted octanol–water partition coefficient (Wildman–Crippen LogP) is 2.38. The normalized spacial score (nSPS) is 21.3. The summed E-state index contributed by atoms with van der Waals surface area (Å²) in [7, 11) is 0. The molecule has 0 saturated carbocycles. The van der Waals surface area contributed by atoms with Gasteiger partial charge in [-0.15, -0.1) is 0 Å². The first-order valence-electron chi connectivity index (χ1n) is 6.60. The van der Waals surface area contributed by atoms with E-state index in [4.69, 9.17) is 9.47 Å². The van der Waals surface area contributed by atoms with Crippen molar-refractivity contribution in [3.05, 3.63) is 29.8 Å². The second-order valence-corrected chi connectivity index (χ2v) is 4.69. The molecule has 7 heteroatoms. The summed E-state index contributed by atoms with van der Waals surface area (Å²) in [4.78, 5) is 12.3. The average molecular weight is 303 g/mol. The van der Waals surface area contributed by atoms with Crippen LogP contribution in [0.25, 0.3) is 0 Å². The Morgan fingerprint density at radius 3 is 2.81 bits per heavy atom. The molecule has 1 aliphatic heterocycles. The van der Waals surface area contributed by atoms with Crippen molar-refractivity contribution < 1.29 is 27.4 Å². The van der Waals surface area contributed by atoms with Crippen LogP contribution in [0.4, 0.5) is 13.2 Å². The average Bonchev–Trinajstić information content (AvgIpc) is 2.44. The van der Waals surface area contributed by atoms with Gasteiger partial charge in [-0.1, -0.05) is 18.2 Å². The number of esters is 1. The van der Waals surface area contributed by atoms with Crippen molar-refractivity contribution >= 4 is 5.97 Å². The summed E-state index contributed by atoms with van der Waals surface area (Å²) < 4.78 is 48.1. The van der Waals surface area contributed by atoms with Crippen molar-refractivity contribution in [1.82, 2.24) is 5.32 Å². The Balaban J connectivity index is 2.40. The fourth-order valence-electron chi connectivity index (χ4n) is 2.37. The minimum atomic E-state index is -4.42. The molecule has 0 aliphatic carbocycles. The number of hydrogen-bond donors (Lipinski definition) is 1. The van der Waals surface area contributed by atoms with Crippen molar-refractivity contribution in [1.29, 1.82) is 0 Å². The van der Waals surface area contributed by atoms with E-state index >= 15 is 0 Å². The number of ether oxygens (including phenoxy) is 2. The van der Waals surface area contributed by atoms with Crippen LogP contribution in [0.1, 0.15) is 18.9 Å². The lowest BCUT2D eigenvalue weighted by atomic mass is 9.84. The van der Waals surface area contributed by atoms with Gasteiger partial charge in [-0.2, -0.15) is 13.2 Å². The van der Waals surface area contributed by atoms with E-state index in [1.165, 1.54) is 0 Å². The summed E-state index contributed by atoms with van der Waals surface area (Å²) in [6.45, 7) is 0.568. The molecule has 1 N–H and O–H groups in total. The predicted molar refractivity (Wildman–Crippen MR) is 68.9 cm³/mol. The molecule has 0 aromatic heterocycles. The third-order valence-electron chi connectivity index (χ3n) is 3.30. The van der Waals surface area contributed by atoms with Crippen LogP contribution in [0.3, 0.4) is 0 Å². The summed E-state index contributed by atoms with van der Waals surface area (Å²) in [6, 6.07) is 6.55. The molecule has 21 heavy (non-hydrogen) atoms. The lowest BCUT2D eigenvalue weighted by molar-refractivity contribution is -0.158. The molecule has 0 amide bonds. The van der Waals surface area contributed by atoms with Gasteiger partial charge in [0.2, 0.25) is 0 Å². The molecule has 4 nitrogen and oxygen atoms in total. The largest absolute Gasteiger partial charge is 0.493 e. The van der Waals surface area contributed by atoms with E-state index in [9.17, 15) is 18.0 Å². The quantitative estimate of drug-likeness (QED) is 0.868. The fourth-order valence-corrected chi connectivity index (χ4v) is 2.37. The number of carbonyl (C=O) groups excluding carboxylic acids is 1. The van der Waals surface area contributed by atoms with Gasteiger partial charge in [-0.05, 0) is 13.0 Å². The fraction of sp³-hybridized carbons (Fsp3) is 0.500. The molecule has 1 unspecified atom stereocenters. The third kappa shape index (κ3) is 3.29. The van der Waals surface area contributed by atoms with Crippen LogP contribution < -0.4 is 10.1 Å². The van der Waals surface area contributed by atoms with Crippen molar-refractivity contribution in [3.8, 4) is 5.75 Å². The molecule has 2 rings (SSSR count). The van der Waals surface area contributed by atoms with Gasteiger partial charge in [0.1, 0.15) is 11.3 Å². The van der Waals surface area contributed by atoms with E-state index in [1.807, 2.05) is 0 Å². The van der Waals surface area contributed by atoms with Crippen LogP contribution in [-0.2, 0) is 15.1 Å². The number of fused-ring (bicyclic) bond motifs is 1. The summed E-state index contributed by atoms with van der Waals surface area (Å²) in [5, 5.41) is 2.34. The van der Waals surface area contributed by atoms with Crippen molar-refractivity contribution in [2.45, 2.75) is 25.1 Å². The first kappa shape index (κ1) is 15.6. The maximum atomic E-state index is 12.6. The molecule has 1 aromatic rings. The smallest absolute Gasteiger partial charge is 0.401 e. The molecular weight excluding hydrogens is 287 g/mol. The summed E-state index contributed by atoms with van der Waals surface area (Å²) in [5.74, 6) is -0.323. The summed E-state index contributed by atoms with van der Waals surface area (Å²) in [6.07, 6.45) is -4.34. The van der Waals surface area contributed by atoms with Gasteiger partial charge in [-0.25, -0.2) is 4.79 Å². The maximum Gasteiger partial charge on any atom is 0.401 e. The Kier molecular flexibility index (Phi) is 4.41. The zero-order valence-electron chi connectivity index (χ0n) is 11.5. The van der Waals surface area contributed by atoms with Crippen LogP contribution in [0.2, 0.25) is 0 Å². The Bertz CT molecular complexity index is 518. The van der Waals surface area contributed by atoms with Crippen molar-refractivity contribution in [3.63, 3.8) is 0 Å². The molecule has 0 saturated heterocycles. The maximum absolute atomic E-state index is 12.6. The van der Waals surface area contributed by atoms with E-state index in [2.05, 4.69) is 5.32 Å². The monoisotopic (exact) mass is 303 g/mol. The molecule has 116 valence electrons. The highest BCUT2D eigenvalue weighted by atomic mass is 19.4. The zero-order chi connectivity index (χ0) is 15.5. The topological polar surface area (TPSA) is 47.6 Å². The van der Waals surface area contributed by atoms with E-state index in [0.717, 1.165) is 0 Å². The molecular formula is C14H16F3NO3. The molecule has 1 aliphatic rings. The Morgan fingerprint density at radius 2 is 2.14 bits per heavy atom. The number of para-hydroxylation sites is 1. The molecule has 1 atom stereocenters. The number of rotatable bonds is 4. The van der Waals surface area contributed by atoms with Gasteiger partial charge in [0, 0.05) is 12.0 Å². The van der Waals surface area contributed by atoms with Crippen LogP contribution >= 0.6 is 0 Å². The van der Waals surface area contributed by atoms with E-state index in [0.29, 0.717) is 11.3 Å². The lowest BCUT2D eigenvalue weighted by Gasteiger charge is -2.37. The van der Waals surface area contributed by atoms with Gasteiger partial charge in [0.25, 0.3) is 0 Å². The molecule has 0 bridgehead atoms. The zero-order valence-corrected chi connectivity index (χ0v) is 11.5. The Labute approximate surface area is 120 Å². The first-order valence-corrected chi connectivity index (χ1v) is 6.60. The number of hydrogen-bond acceptors (Lipinski definition) is 4. The molecule has 0 radical (unpaired) electrons. The Morgan fingerprint density at radius 1 is 1.43 bits per heavy atom. The molecule has 0 spiro atoms. The highest BCUT2D eigenvalue weighted by Crippen LogP contribution is 2.38. The van der Waals surface area contributed by atoms with E-state index < -0.39 is 24.2 Å². The highest BCUT2D eigenvalue weighted by molar-refractivity contribution is 5.84. The Hall–Kier alpha value is -1.76. The standard InChI is InChI=1S/C14H16F3NO3/c1-2-20-12(19)13(18-9-14(15,16)17)7-8-21-11-6-4-3-5-10(11)13/h3-6,18H,2,7-9H2,1H3. The van der Waals surface area contributed by atoms with Crippen LogP contribution in [-0.4, -0.2) is 31.9 Å². The van der Waals surface area contributed by atoms with Crippen LogP contribution in [0.15, 0.2) is 24.3 Å². The molecule has 1 heterocycles. The summed E-state index contributed by atoms with van der Waals surface area (Å²) in [5.41, 5.74) is -1.15. The van der Waals surface area contributed by atoms with Crippen LogP contribution in [0, 0.1) is 0 Å². The van der Waals surface area contributed by atoms with E-state index in [-0.39, 0.29) is 19.6 Å². The second-order valence-electron chi connectivity index (χ2n) is 4.69. The van der Waals surface area contributed by atoms with Gasteiger partial charge in [-0.3, -0.25) is 5.32 Å². The number of halogens is 3. The number of nitrogens with one attached hydrogen (secondary N) is 1. The van der Waals surface area contributed by atoms with Crippen molar-refractivity contribution in [2.75, 3.05) is 19.8 Å². The van der Waals surface area contributed by atoms with Gasteiger partial charge >= 0.3 is 12.1 Å². The SMILES string of the molecule is CCOC(=O)C1(NCC(F)(F)F)CCOc2ccccc21. The van der Waals surface area contributed by atoms with Gasteiger partial charge in [0.05, 0.1) is 19.8 Å². The molecule has 0 fully saturated rings. The number of alkyl halides is 3. The first-order chi connectivity index (χ1) is 9.89. The minimum absolute atomic E-state index is 0.0823. The van der Waals surface area contributed by atoms with Gasteiger partial charge < -0.3 is 9.47 Å². The van der Waals surface area contributed by atoms with Gasteiger partial charge in [0.15, 0.2) is 0 Å².